The number of nitrogens with one attached hydrogen (secondary N) is 1. The number of likely N-dealkylation sites (tertiary alicyclic amines) is 1. The van der Waals surface area contributed by atoms with E-state index in [0.717, 1.165) is 24.9 Å². The quantitative estimate of drug-likeness (QED) is 0.868. The van der Waals surface area contributed by atoms with Gasteiger partial charge in [0.15, 0.2) is 0 Å². The molecule has 1 heterocycles. The zero-order valence-corrected chi connectivity index (χ0v) is 14.0. The molecule has 23 heavy (non-hydrogen) atoms. The molecular weight excluding hydrogens is 290 g/mol. The fourth-order valence-corrected chi connectivity index (χ4v) is 2.88. The second kappa shape index (κ2) is 8.11. The summed E-state index contributed by atoms with van der Waals surface area (Å²) < 4.78 is 0. The second-order valence-electron chi connectivity index (χ2n) is 6.58. The van der Waals surface area contributed by atoms with Crippen LogP contribution < -0.4 is 11.1 Å². The maximum atomic E-state index is 12.6. The molecule has 0 bridgehead atoms. The van der Waals surface area contributed by atoms with Crippen LogP contribution in [0.25, 0.3) is 0 Å². The summed E-state index contributed by atoms with van der Waals surface area (Å²) in [5.41, 5.74) is 6.96. The largest absolute Gasteiger partial charge is 0.356 e. The van der Waals surface area contributed by atoms with Gasteiger partial charge in [-0.25, -0.2) is 0 Å². The average Bonchev–Trinajstić information content (AvgIpc) is 2.59. The molecule has 3 N–H and O–H groups in total. The summed E-state index contributed by atoms with van der Waals surface area (Å²) >= 11 is 0. The van der Waals surface area contributed by atoms with Crippen LogP contribution in [-0.2, 0) is 9.59 Å². The van der Waals surface area contributed by atoms with Crippen LogP contribution in [0.3, 0.4) is 0 Å². The average molecular weight is 317 g/mol. The van der Waals surface area contributed by atoms with Gasteiger partial charge < -0.3 is 16.0 Å². The van der Waals surface area contributed by atoms with Crippen molar-refractivity contribution in [2.24, 2.45) is 17.6 Å². The molecule has 2 atom stereocenters. The summed E-state index contributed by atoms with van der Waals surface area (Å²) in [4.78, 5) is 26.1. The van der Waals surface area contributed by atoms with Crippen molar-refractivity contribution in [3.8, 4) is 0 Å². The minimum atomic E-state index is -0.611. The number of piperidine rings is 1. The molecule has 126 valence electrons. The Hall–Kier alpha value is -1.88. The number of amides is 2. The Morgan fingerprint density at radius 2 is 2.00 bits per heavy atom. The van der Waals surface area contributed by atoms with Crippen molar-refractivity contribution < 1.29 is 9.59 Å². The van der Waals surface area contributed by atoms with Crippen molar-refractivity contribution in [3.05, 3.63) is 35.9 Å². The molecule has 0 aromatic heterocycles. The Morgan fingerprint density at radius 1 is 1.30 bits per heavy atom. The van der Waals surface area contributed by atoms with E-state index in [1.165, 1.54) is 0 Å². The number of carbonyl (C=O) groups excluding carboxylic acids is 2. The van der Waals surface area contributed by atoms with Crippen molar-refractivity contribution in [2.45, 2.75) is 32.7 Å². The number of hydrogen-bond acceptors (Lipinski definition) is 3. The molecule has 2 amide bonds. The van der Waals surface area contributed by atoms with E-state index in [4.69, 9.17) is 5.73 Å². The van der Waals surface area contributed by atoms with Gasteiger partial charge in [0.25, 0.3) is 0 Å². The van der Waals surface area contributed by atoms with E-state index in [-0.39, 0.29) is 17.7 Å². The van der Waals surface area contributed by atoms with Gasteiger partial charge in [-0.3, -0.25) is 9.59 Å². The van der Waals surface area contributed by atoms with Crippen LogP contribution in [0.15, 0.2) is 30.3 Å². The number of nitrogens with zero attached hydrogens (tertiary/aromatic N) is 1. The van der Waals surface area contributed by atoms with Gasteiger partial charge in [0.2, 0.25) is 11.8 Å². The van der Waals surface area contributed by atoms with Crippen LogP contribution in [0.4, 0.5) is 0 Å². The van der Waals surface area contributed by atoms with Crippen LogP contribution >= 0.6 is 0 Å². The number of benzene rings is 1. The molecule has 0 spiro atoms. The molecule has 1 aromatic carbocycles. The van der Waals surface area contributed by atoms with Gasteiger partial charge in [-0.05, 0) is 24.3 Å². The van der Waals surface area contributed by atoms with E-state index in [1.54, 1.807) is 0 Å². The zero-order valence-electron chi connectivity index (χ0n) is 14.0. The molecular formula is C18H27N3O2. The Bertz CT molecular complexity index is 530. The molecule has 1 aliphatic rings. The van der Waals surface area contributed by atoms with Crippen molar-refractivity contribution >= 4 is 11.8 Å². The van der Waals surface area contributed by atoms with Gasteiger partial charge in [0.05, 0.1) is 0 Å². The first-order chi connectivity index (χ1) is 11.0. The molecule has 5 heteroatoms. The topological polar surface area (TPSA) is 75.4 Å². The fraction of sp³-hybridized carbons (Fsp3) is 0.556. The van der Waals surface area contributed by atoms with Gasteiger partial charge >= 0.3 is 0 Å². The van der Waals surface area contributed by atoms with E-state index in [2.05, 4.69) is 5.32 Å². The molecule has 2 unspecified atom stereocenters. The highest BCUT2D eigenvalue weighted by atomic mass is 16.2. The smallest absolute Gasteiger partial charge is 0.244 e. The molecule has 0 radical (unpaired) electrons. The lowest BCUT2D eigenvalue weighted by molar-refractivity contribution is -0.134. The van der Waals surface area contributed by atoms with Crippen molar-refractivity contribution in [1.82, 2.24) is 10.2 Å². The third-order valence-corrected chi connectivity index (χ3v) is 4.34. The molecule has 1 aliphatic heterocycles. The van der Waals surface area contributed by atoms with Crippen LogP contribution in [0.2, 0.25) is 0 Å². The Labute approximate surface area is 138 Å². The van der Waals surface area contributed by atoms with Crippen LogP contribution in [0, 0.1) is 11.8 Å². The lowest BCUT2D eigenvalue weighted by atomic mass is 9.96. The first-order valence-corrected chi connectivity index (χ1v) is 8.36. The zero-order chi connectivity index (χ0) is 16.8. The van der Waals surface area contributed by atoms with Crippen LogP contribution in [0.5, 0.6) is 0 Å². The maximum absolute atomic E-state index is 12.6. The number of rotatable bonds is 5. The predicted molar refractivity (Wildman–Crippen MR) is 90.5 cm³/mol. The second-order valence-corrected chi connectivity index (χ2v) is 6.58. The Morgan fingerprint density at radius 3 is 2.65 bits per heavy atom. The lowest BCUT2D eigenvalue weighted by Crippen LogP contribution is -2.47. The minimum absolute atomic E-state index is 0.0113. The van der Waals surface area contributed by atoms with Gasteiger partial charge in [0.1, 0.15) is 6.04 Å². The van der Waals surface area contributed by atoms with Crippen molar-refractivity contribution in [2.75, 3.05) is 19.6 Å². The lowest BCUT2D eigenvalue weighted by Gasteiger charge is -2.34. The summed E-state index contributed by atoms with van der Waals surface area (Å²) in [5, 5.41) is 2.96. The van der Waals surface area contributed by atoms with Crippen LogP contribution in [0.1, 0.15) is 38.3 Å². The molecule has 1 saturated heterocycles. The SMILES string of the molecule is CC(C)C(=O)NCC1CCCN(C(=O)C(N)c2ccccc2)C1. The molecule has 2 rings (SSSR count). The van der Waals surface area contributed by atoms with Crippen LogP contribution in [-0.4, -0.2) is 36.3 Å². The standard InChI is InChI=1S/C18H27N3O2/c1-13(2)17(22)20-11-14-7-6-10-21(12-14)18(23)16(19)15-8-4-3-5-9-15/h3-5,8-9,13-14,16H,6-7,10-12,19H2,1-2H3,(H,20,22). The van der Waals surface area contributed by atoms with E-state index in [1.807, 2.05) is 49.1 Å². The normalized spacial score (nSPS) is 19.5. The van der Waals surface area contributed by atoms with E-state index < -0.39 is 6.04 Å². The highest BCUT2D eigenvalue weighted by molar-refractivity contribution is 5.83. The molecule has 0 aliphatic carbocycles. The highest BCUT2D eigenvalue weighted by Crippen LogP contribution is 2.20. The van der Waals surface area contributed by atoms with Gasteiger partial charge in [-0.15, -0.1) is 0 Å². The van der Waals surface area contributed by atoms with E-state index in [0.29, 0.717) is 19.0 Å². The molecule has 1 fully saturated rings. The summed E-state index contributed by atoms with van der Waals surface area (Å²) in [7, 11) is 0. The fourth-order valence-electron chi connectivity index (χ4n) is 2.88. The van der Waals surface area contributed by atoms with E-state index >= 15 is 0 Å². The molecule has 5 nitrogen and oxygen atoms in total. The summed E-state index contributed by atoms with van der Waals surface area (Å²) in [5.74, 6) is 0.326. The predicted octanol–water partition coefficient (Wildman–Crippen LogP) is 1.70. The van der Waals surface area contributed by atoms with Crippen molar-refractivity contribution in [3.63, 3.8) is 0 Å². The van der Waals surface area contributed by atoms with Crippen molar-refractivity contribution in [1.29, 1.82) is 0 Å². The summed E-state index contributed by atoms with van der Waals surface area (Å²) in [6.45, 7) is 5.79. The first kappa shape index (κ1) is 17.5. The third kappa shape index (κ3) is 4.79. The first-order valence-electron chi connectivity index (χ1n) is 8.36. The Kier molecular flexibility index (Phi) is 6.16. The Balaban J connectivity index is 1.90. The number of carbonyl (C=O) groups is 2. The number of hydrogen-bond donors (Lipinski definition) is 2. The number of nitrogens with two attached hydrogens (primary N) is 1. The monoisotopic (exact) mass is 317 g/mol. The summed E-state index contributed by atoms with van der Waals surface area (Å²) in [6, 6.07) is 8.85. The maximum Gasteiger partial charge on any atom is 0.244 e. The molecule has 0 saturated carbocycles. The van der Waals surface area contributed by atoms with E-state index in [9.17, 15) is 9.59 Å². The van der Waals surface area contributed by atoms with Gasteiger partial charge in [-0.2, -0.15) is 0 Å². The van der Waals surface area contributed by atoms with Gasteiger partial charge in [0, 0.05) is 25.6 Å². The third-order valence-electron chi connectivity index (χ3n) is 4.34. The minimum Gasteiger partial charge on any atom is -0.356 e. The van der Waals surface area contributed by atoms with Gasteiger partial charge in [-0.1, -0.05) is 44.2 Å². The summed E-state index contributed by atoms with van der Waals surface area (Å²) in [6.07, 6.45) is 1.98. The molecule has 1 aromatic rings. The highest BCUT2D eigenvalue weighted by Gasteiger charge is 2.28.